The van der Waals surface area contributed by atoms with Gasteiger partial charge in [-0.05, 0) is 19.1 Å². The fourth-order valence-electron chi connectivity index (χ4n) is 1.65. The number of rotatable bonds is 4. The third-order valence-electron chi connectivity index (χ3n) is 2.68. The summed E-state index contributed by atoms with van der Waals surface area (Å²) in [5.74, 6) is -0.348. The number of sulfonamides is 1. The van der Waals surface area contributed by atoms with Gasteiger partial charge in [0.15, 0.2) is 5.82 Å². The van der Waals surface area contributed by atoms with Crippen molar-refractivity contribution in [1.82, 2.24) is 19.5 Å². The quantitative estimate of drug-likeness (QED) is 0.792. The summed E-state index contributed by atoms with van der Waals surface area (Å²) in [4.78, 5) is 3.71. The third-order valence-corrected chi connectivity index (χ3v) is 4.20. The minimum Gasteiger partial charge on any atom is -0.399 e. The van der Waals surface area contributed by atoms with Crippen molar-refractivity contribution < 1.29 is 12.8 Å². The molecule has 0 unspecified atom stereocenters. The number of nitrogen functional groups attached to an aromatic ring is 1. The number of hydrogen-bond donors (Lipinski definition) is 2. The smallest absolute Gasteiger partial charge is 0.241 e. The largest absolute Gasteiger partial charge is 0.399 e. The molecule has 1 aromatic heterocycles. The molecule has 0 atom stereocenters. The van der Waals surface area contributed by atoms with Crippen molar-refractivity contribution in [2.75, 3.05) is 5.73 Å². The molecular weight excluding hydrogens is 285 g/mol. The molecule has 7 nitrogen and oxygen atoms in total. The molecule has 0 aliphatic carbocycles. The van der Waals surface area contributed by atoms with E-state index in [-0.39, 0.29) is 22.7 Å². The van der Waals surface area contributed by atoms with E-state index in [1.807, 2.05) is 0 Å². The fraction of sp³-hybridized carbons (Fsp3) is 0.273. The molecule has 0 saturated carbocycles. The molecule has 3 N–H and O–H groups in total. The maximum absolute atomic E-state index is 13.5. The molecule has 0 radical (unpaired) electrons. The first kappa shape index (κ1) is 14.4. The molecule has 1 heterocycles. The molecule has 2 aromatic rings. The van der Waals surface area contributed by atoms with E-state index in [1.165, 1.54) is 24.0 Å². The van der Waals surface area contributed by atoms with Crippen LogP contribution in [0.15, 0.2) is 23.4 Å². The highest BCUT2D eigenvalue weighted by atomic mass is 32.2. The number of nitrogens with one attached hydrogen (secondary N) is 1. The maximum atomic E-state index is 13.5. The molecule has 0 fully saturated rings. The molecule has 1 aromatic carbocycles. The molecule has 0 aliphatic heterocycles. The molecule has 0 spiro atoms. The van der Waals surface area contributed by atoms with E-state index in [0.717, 1.165) is 6.07 Å². The normalized spacial score (nSPS) is 11.8. The maximum Gasteiger partial charge on any atom is 0.241 e. The lowest BCUT2D eigenvalue weighted by atomic mass is 10.2. The summed E-state index contributed by atoms with van der Waals surface area (Å²) in [7, 11) is -2.22. The van der Waals surface area contributed by atoms with Crippen LogP contribution >= 0.6 is 0 Å². The Hall–Kier alpha value is -2.00. The Bertz CT molecular complexity index is 741. The van der Waals surface area contributed by atoms with Crippen molar-refractivity contribution in [3.8, 4) is 0 Å². The summed E-state index contributed by atoms with van der Waals surface area (Å²) < 4.78 is 41.6. The zero-order valence-electron chi connectivity index (χ0n) is 11.0. The van der Waals surface area contributed by atoms with Gasteiger partial charge in [0.25, 0.3) is 0 Å². The van der Waals surface area contributed by atoms with E-state index >= 15 is 0 Å². The highest BCUT2D eigenvalue weighted by Crippen LogP contribution is 2.21. The van der Waals surface area contributed by atoms with Crippen LogP contribution in [0.3, 0.4) is 0 Å². The van der Waals surface area contributed by atoms with Gasteiger partial charge in [-0.15, -0.1) is 0 Å². The highest BCUT2D eigenvalue weighted by molar-refractivity contribution is 7.89. The van der Waals surface area contributed by atoms with Crippen molar-refractivity contribution in [3.05, 3.63) is 35.7 Å². The fourth-order valence-corrected chi connectivity index (χ4v) is 2.92. The van der Waals surface area contributed by atoms with Crippen LogP contribution in [0.1, 0.15) is 11.4 Å². The van der Waals surface area contributed by atoms with Gasteiger partial charge in [-0.2, -0.15) is 5.10 Å². The number of aromatic nitrogens is 3. The Morgan fingerprint density at radius 3 is 2.75 bits per heavy atom. The number of nitrogens with two attached hydrogens (primary N) is 1. The van der Waals surface area contributed by atoms with Crippen LogP contribution in [-0.2, 0) is 23.6 Å². The van der Waals surface area contributed by atoms with Gasteiger partial charge in [0.05, 0.1) is 11.4 Å². The summed E-state index contributed by atoms with van der Waals surface area (Å²) in [5.41, 5.74) is 5.54. The number of anilines is 1. The lowest BCUT2D eigenvalue weighted by molar-refractivity contribution is 0.572. The number of hydrogen-bond acceptors (Lipinski definition) is 5. The molecule has 20 heavy (non-hydrogen) atoms. The van der Waals surface area contributed by atoms with Crippen molar-refractivity contribution in [3.63, 3.8) is 0 Å². The van der Waals surface area contributed by atoms with Gasteiger partial charge in [-0.25, -0.2) is 22.5 Å². The number of nitrogens with zero attached hydrogens (tertiary/aromatic N) is 3. The topological polar surface area (TPSA) is 103 Å². The molecule has 0 bridgehead atoms. The molecule has 9 heteroatoms. The van der Waals surface area contributed by atoms with Crippen molar-refractivity contribution in [2.45, 2.75) is 18.4 Å². The predicted molar refractivity (Wildman–Crippen MR) is 70.6 cm³/mol. The first-order valence-electron chi connectivity index (χ1n) is 5.69. The van der Waals surface area contributed by atoms with E-state index in [1.54, 1.807) is 7.05 Å². The van der Waals surface area contributed by atoms with E-state index in [9.17, 15) is 12.8 Å². The highest BCUT2D eigenvalue weighted by Gasteiger charge is 2.20. The summed E-state index contributed by atoms with van der Waals surface area (Å²) in [5, 5.41) is 3.94. The van der Waals surface area contributed by atoms with Crippen LogP contribution in [0.5, 0.6) is 0 Å². The van der Waals surface area contributed by atoms with Crippen LogP contribution in [0, 0.1) is 12.7 Å². The number of aryl methyl sites for hydroxylation is 1. The first-order chi connectivity index (χ1) is 9.29. The Labute approximate surface area is 115 Å². The zero-order valence-corrected chi connectivity index (χ0v) is 11.8. The van der Waals surface area contributed by atoms with E-state index in [4.69, 9.17) is 5.73 Å². The van der Waals surface area contributed by atoms with E-state index in [2.05, 4.69) is 14.8 Å². The van der Waals surface area contributed by atoms with Crippen LogP contribution < -0.4 is 10.5 Å². The summed E-state index contributed by atoms with van der Waals surface area (Å²) in [6.45, 7) is 1.29. The van der Waals surface area contributed by atoms with Gasteiger partial charge in [-0.3, -0.25) is 4.68 Å². The van der Waals surface area contributed by atoms with Gasteiger partial charge in [-0.1, -0.05) is 0 Å². The summed E-state index contributed by atoms with van der Waals surface area (Å²) in [6.07, 6.45) is 1.45. The zero-order chi connectivity index (χ0) is 14.9. The van der Waals surface area contributed by atoms with Crippen LogP contribution in [0.2, 0.25) is 0 Å². The molecule has 0 saturated heterocycles. The standard InChI is InChI=1S/C11H14FN5O2S/c1-7-9(12)3-8(13)4-10(7)20(18,19)15-5-11-14-6-17(2)16-11/h3-4,6,15H,5,13H2,1-2H3. The van der Waals surface area contributed by atoms with Crippen LogP contribution in [0.25, 0.3) is 0 Å². The predicted octanol–water partition coefficient (Wildman–Crippen LogP) is 0.323. The minimum atomic E-state index is -3.88. The average Bonchev–Trinajstić information content (AvgIpc) is 2.77. The summed E-state index contributed by atoms with van der Waals surface area (Å²) in [6, 6.07) is 2.29. The minimum absolute atomic E-state index is 0.0145. The first-order valence-corrected chi connectivity index (χ1v) is 7.18. The Morgan fingerprint density at radius 1 is 1.45 bits per heavy atom. The Morgan fingerprint density at radius 2 is 2.15 bits per heavy atom. The molecule has 2 rings (SSSR count). The average molecular weight is 299 g/mol. The van der Waals surface area contributed by atoms with Crippen LogP contribution in [-0.4, -0.2) is 23.2 Å². The SMILES string of the molecule is Cc1c(F)cc(N)cc1S(=O)(=O)NCc1ncn(C)n1. The van der Waals surface area contributed by atoms with Gasteiger partial charge < -0.3 is 5.73 Å². The molecule has 108 valence electrons. The van der Waals surface area contributed by atoms with Gasteiger partial charge in [0, 0.05) is 18.3 Å². The number of benzene rings is 1. The van der Waals surface area contributed by atoms with E-state index in [0.29, 0.717) is 5.82 Å². The van der Waals surface area contributed by atoms with Gasteiger partial charge >= 0.3 is 0 Å². The molecule has 0 aliphatic rings. The Balaban J connectivity index is 2.27. The lowest BCUT2D eigenvalue weighted by Gasteiger charge is -2.09. The van der Waals surface area contributed by atoms with Gasteiger partial charge in [0.1, 0.15) is 12.1 Å². The van der Waals surface area contributed by atoms with Crippen LogP contribution in [0.4, 0.5) is 10.1 Å². The second-order valence-corrected chi connectivity index (χ2v) is 6.02. The van der Waals surface area contributed by atoms with Crippen molar-refractivity contribution in [1.29, 1.82) is 0 Å². The van der Waals surface area contributed by atoms with E-state index < -0.39 is 15.8 Å². The lowest BCUT2D eigenvalue weighted by Crippen LogP contribution is -2.25. The summed E-state index contributed by atoms with van der Waals surface area (Å²) >= 11 is 0. The van der Waals surface area contributed by atoms with Crippen molar-refractivity contribution in [2.24, 2.45) is 7.05 Å². The third kappa shape index (κ3) is 2.94. The molecular formula is C11H14FN5O2S. The number of halogens is 1. The van der Waals surface area contributed by atoms with Crippen molar-refractivity contribution >= 4 is 15.7 Å². The Kier molecular flexibility index (Phi) is 3.73. The second kappa shape index (κ2) is 5.17. The second-order valence-electron chi connectivity index (χ2n) is 4.28. The molecule has 0 amide bonds. The van der Waals surface area contributed by atoms with Gasteiger partial charge in [0.2, 0.25) is 10.0 Å². The monoisotopic (exact) mass is 299 g/mol.